The Bertz CT molecular complexity index is 769. The lowest BCUT2D eigenvalue weighted by molar-refractivity contribution is -0.145. The molecule has 0 aliphatic heterocycles. The van der Waals surface area contributed by atoms with Crippen molar-refractivity contribution in [1.29, 1.82) is 0 Å². The van der Waals surface area contributed by atoms with Crippen LogP contribution in [0.4, 0.5) is 4.79 Å². The summed E-state index contributed by atoms with van der Waals surface area (Å²) >= 11 is 0. The van der Waals surface area contributed by atoms with E-state index in [2.05, 4.69) is 17.4 Å². The second-order valence-corrected chi connectivity index (χ2v) is 8.42. The first-order chi connectivity index (χ1) is 14.3. The van der Waals surface area contributed by atoms with Gasteiger partial charge in [-0.05, 0) is 51.2 Å². The molecule has 2 aromatic carbocycles. The predicted molar refractivity (Wildman–Crippen MR) is 118 cm³/mol. The molecule has 1 atom stereocenters. The topological polar surface area (TPSA) is 64.6 Å². The maximum absolute atomic E-state index is 12.3. The molecule has 0 saturated heterocycles. The Balaban J connectivity index is 1.83. The minimum Gasteiger partial charge on any atom is -0.461 e. The number of alkyl carbamates (subject to hydrolysis) is 1. The number of nitrogens with one attached hydrogen (secondary N) is 1. The lowest BCUT2D eigenvalue weighted by Crippen LogP contribution is -2.40. The Morgan fingerprint density at radius 1 is 0.900 bits per heavy atom. The van der Waals surface area contributed by atoms with Gasteiger partial charge in [-0.2, -0.15) is 0 Å². The van der Waals surface area contributed by atoms with E-state index in [0.717, 1.165) is 24.8 Å². The minimum absolute atomic E-state index is 0.122. The third kappa shape index (κ3) is 10.1. The highest BCUT2D eigenvalue weighted by Gasteiger charge is 2.21. The van der Waals surface area contributed by atoms with Gasteiger partial charge in [-0.1, -0.05) is 67.1 Å². The van der Waals surface area contributed by atoms with Crippen molar-refractivity contribution in [1.82, 2.24) is 5.32 Å². The average molecular weight is 412 g/mol. The lowest BCUT2D eigenvalue weighted by Gasteiger charge is -2.23. The first-order valence-electron chi connectivity index (χ1n) is 10.5. The van der Waals surface area contributed by atoms with Gasteiger partial charge in [0.15, 0.2) is 0 Å². The van der Waals surface area contributed by atoms with E-state index < -0.39 is 11.7 Å². The van der Waals surface area contributed by atoms with E-state index in [1.165, 1.54) is 5.56 Å². The number of carbonyl (C=O) groups is 2. The van der Waals surface area contributed by atoms with Crippen molar-refractivity contribution in [3.05, 3.63) is 71.8 Å². The zero-order valence-corrected chi connectivity index (χ0v) is 18.2. The fourth-order valence-corrected chi connectivity index (χ4v) is 3.06. The summed E-state index contributed by atoms with van der Waals surface area (Å²) in [6, 6.07) is 19.5. The summed E-state index contributed by atoms with van der Waals surface area (Å²) in [4.78, 5) is 24.5. The largest absolute Gasteiger partial charge is 0.461 e. The Morgan fingerprint density at radius 3 is 2.10 bits per heavy atom. The van der Waals surface area contributed by atoms with Crippen molar-refractivity contribution in [2.75, 3.05) is 0 Å². The summed E-state index contributed by atoms with van der Waals surface area (Å²) < 4.78 is 10.7. The molecule has 1 amide bonds. The second kappa shape index (κ2) is 12.0. The Kier molecular flexibility index (Phi) is 9.39. The van der Waals surface area contributed by atoms with Crippen LogP contribution in [-0.4, -0.2) is 23.7 Å². The molecule has 0 spiro atoms. The molecule has 5 heteroatoms. The van der Waals surface area contributed by atoms with E-state index in [0.29, 0.717) is 6.42 Å². The standard InChI is InChI=1S/C25H33NO4/c1-25(2,3)30-24(28)26-22(17-11-10-14-20-12-6-4-7-13-20)18-23(27)29-19-21-15-8-5-9-16-21/h4-9,12-13,15-16,22H,10-11,14,17-19H2,1-3H3,(H,26,28)/t22-/m0/s1. The Morgan fingerprint density at radius 2 is 1.50 bits per heavy atom. The van der Waals surface area contributed by atoms with Gasteiger partial charge >= 0.3 is 12.1 Å². The molecular weight excluding hydrogens is 378 g/mol. The Hall–Kier alpha value is -2.82. The quantitative estimate of drug-likeness (QED) is 0.418. The van der Waals surface area contributed by atoms with Crippen LogP contribution in [0, 0.1) is 0 Å². The highest BCUT2D eigenvalue weighted by molar-refractivity contribution is 5.73. The zero-order valence-electron chi connectivity index (χ0n) is 18.2. The normalized spacial score (nSPS) is 12.1. The molecule has 0 bridgehead atoms. The molecule has 0 radical (unpaired) electrons. The Labute approximate surface area is 179 Å². The van der Waals surface area contributed by atoms with Gasteiger partial charge in [0.05, 0.1) is 6.42 Å². The summed E-state index contributed by atoms with van der Waals surface area (Å²) in [5.41, 5.74) is 1.64. The molecule has 0 heterocycles. The van der Waals surface area contributed by atoms with Crippen LogP contribution in [0.1, 0.15) is 57.6 Å². The number of unbranched alkanes of at least 4 members (excludes halogenated alkanes) is 1. The van der Waals surface area contributed by atoms with Crippen LogP contribution >= 0.6 is 0 Å². The lowest BCUT2D eigenvalue weighted by atomic mass is 10.0. The molecule has 0 aliphatic carbocycles. The second-order valence-electron chi connectivity index (χ2n) is 8.42. The molecular formula is C25H33NO4. The third-order valence-electron chi connectivity index (χ3n) is 4.49. The molecule has 0 aromatic heterocycles. The number of esters is 1. The van der Waals surface area contributed by atoms with Crippen LogP contribution in [0.5, 0.6) is 0 Å². The van der Waals surface area contributed by atoms with Gasteiger partial charge in [-0.15, -0.1) is 0 Å². The third-order valence-corrected chi connectivity index (χ3v) is 4.49. The summed E-state index contributed by atoms with van der Waals surface area (Å²) in [7, 11) is 0. The number of benzene rings is 2. The zero-order chi connectivity index (χ0) is 21.8. The fourth-order valence-electron chi connectivity index (χ4n) is 3.06. The number of ether oxygens (including phenoxy) is 2. The van der Waals surface area contributed by atoms with Crippen molar-refractivity contribution in [2.24, 2.45) is 0 Å². The highest BCUT2D eigenvalue weighted by atomic mass is 16.6. The first-order valence-corrected chi connectivity index (χ1v) is 10.5. The van der Waals surface area contributed by atoms with Crippen LogP contribution in [-0.2, 0) is 27.3 Å². The minimum atomic E-state index is -0.588. The number of aryl methyl sites for hydroxylation is 1. The highest BCUT2D eigenvalue weighted by Crippen LogP contribution is 2.13. The van der Waals surface area contributed by atoms with Crippen molar-refractivity contribution in [3.8, 4) is 0 Å². The van der Waals surface area contributed by atoms with Crippen molar-refractivity contribution in [3.63, 3.8) is 0 Å². The molecule has 0 saturated carbocycles. The fraction of sp³-hybridized carbons (Fsp3) is 0.440. The van der Waals surface area contributed by atoms with Crippen LogP contribution < -0.4 is 5.32 Å². The van der Waals surface area contributed by atoms with E-state index in [1.807, 2.05) is 69.3 Å². The van der Waals surface area contributed by atoms with Crippen molar-refractivity contribution >= 4 is 12.1 Å². The first kappa shape index (κ1) is 23.5. The summed E-state index contributed by atoms with van der Waals surface area (Å²) in [5.74, 6) is -0.331. The van der Waals surface area contributed by atoms with Crippen LogP contribution in [0.2, 0.25) is 0 Å². The number of hydrogen-bond donors (Lipinski definition) is 1. The molecule has 30 heavy (non-hydrogen) atoms. The summed E-state index contributed by atoms with van der Waals surface area (Å²) in [6.07, 6.45) is 3.14. The summed E-state index contributed by atoms with van der Waals surface area (Å²) in [5, 5.41) is 2.84. The molecule has 2 rings (SSSR count). The molecule has 5 nitrogen and oxygen atoms in total. The SMILES string of the molecule is CC(C)(C)OC(=O)N[C@@H](CCCCc1ccccc1)CC(=O)OCc1ccccc1. The van der Waals surface area contributed by atoms with Gasteiger partial charge in [0.2, 0.25) is 0 Å². The van der Waals surface area contributed by atoms with E-state index >= 15 is 0 Å². The molecule has 162 valence electrons. The van der Waals surface area contributed by atoms with Gasteiger partial charge in [0, 0.05) is 6.04 Å². The van der Waals surface area contributed by atoms with E-state index in [-0.39, 0.29) is 25.0 Å². The van der Waals surface area contributed by atoms with Crippen molar-refractivity contribution < 1.29 is 19.1 Å². The molecule has 0 aliphatic rings. The van der Waals surface area contributed by atoms with Crippen LogP contribution in [0.3, 0.4) is 0 Å². The van der Waals surface area contributed by atoms with E-state index in [1.54, 1.807) is 0 Å². The molecule has 1 N–H and O–H groups in total. The van der Waals surface area contributed by atoms with Gasteiger partial charge in [-0.25, -0.2) is 4.79 Å². The van der Waals surface area contributed by atoms with Crippen LogP contribution in [0.25, 0.3) is 0 Å². The number of hydrogen-bond acceptors (Lipinski definition) is 4. The van der Waals surface area contributed by atoms with Gasteiger partial charge < -0.3 is 14.8 Å². The van der Waals surface area contributed by atoms with Crippen molar-refractivity contribution in [2.45, 2.75) is 71.1 Å². The monoisotopic (exact) mass is 411 g/mol. The van der Waals surface area contributed by atoms with Gasteiger partial charge in [-0.3, -0.25) is 4.79 Å². The van der Waals surface area contributed by atoms with E-state index in [9.17, 15) is 9.59 Å². The molecule has 0 fully saturated rings. The van der Waals surface area contributed by atoms with Crippen LogP contribution in [0.15, 0.2) is 60.7 Å². The van der Waals surface area contributed by atoms with Gasteiger partial charge in [0.1, 0.15) is 12.2 Å². The maximum atomic E-state index is 12.3. The van der Waals surface area contributed by atoms with Gasteiger partial charge in [0.25, 0.3) is 0 Å². The smallest absolute Gasteiger partial charge is 0.407 e. The predicted octanol–water partition coefficient (Wildman–Crippen LogP) is 5.43. The average Bonchev–Trinajstić information content (AvgIpc) is 2.69. The maximum Gasteiger partial charge on any atom is 0.407 e. The summed E-state index contributed by atoms with van der Waals surface area (Å²) in [6.45, 7) is 5.67. The molecule has 2 aromatic rings. The molecule has 0 unspecified atom stereocenters. The van der Waals surface area contributed by atoms with E-state index in [4.69, 9.17) is 9.47 Å². The number of carbonyl (C=O) groups excluding carboxylic acids is 2. The number of amides is 1. The number of rotatable bonds is 10.